The quantitative estimate of drug-likeness (QED) is 0.765. The van der Waals surface area contributed by atoms with Crippen LogP contribution in [0, 0.1) is 6.92 Å². The fourth-order valence-electron chi connectivity index (χ4n) is 2.60. The molecule has 3 nitrogen and oxygen atoms in total. The van der Waals surface area contributed by atoms with Crippen LogP contribution in [-0.2, 0) is 6.42 Å². The van der Waals surface area contributed by atoms with Crippen molar-refractivity contribution >= 4 is 5.91 Å². The summed E-state index contributed by atoms with van der Waals surface area (Å²) < 4.78 is 1.99. The van der Waals surface area contributed by atoms with Crippen LogP contribution in [0.15, 0.2) is 73.1 Å². The van der Waals surface area contributed by atoms with E-state index in [4.69, 9.17) is 0 Å². The van der Waals surface area contributed by atoms with Gasteiger partial charge in [-0.15, -0.1) is 0 Å². The highest BCUT2D eigenvalue weighted by Gasteiger charge is 2.06. The van der Waals surface area contributed by atoms with Crippen molar-refractivity contribution in [2.45, 2.75) is 13.3 Å². The zero-order valence-corrected chi connectivity index (χ0v) is 13.2. The normalized spacial score (nSPS) is 10.5. The number of nitrogens with one attached hydrogen (secondary N) is 1. The molecular weight excluding hydrogens is 284 g/mol. The first kappa shape index (κ1) is 15.1. The number of carbonyl (C=O) groups is 1. The molecule has 1 aromatic heterocycles. The van der Waals surface area contributed by atoms with Gasteiger partial charge in [-0.25, -0.2) is 0 Å². The number of rotatable bonds is 5. The summed E-state index contributed by atoms with van der Waals surface area (Å²) in [4.78, 5) is 12.3. The topological polar surface area (TPSA) is 34.0 Å². The average Bonchev–Trinajstić information content (AvgIpc) is 3.09. The highest BCUT2D eigenvalue weighted by Crippen LogP contribution is 2.11. The minimum Gasteiger partial charge on any atom is -0.352 e. The molecule has 3 rings (SSSR count). The van der Waals surface area contributed by atoms with Gasteiger partial charge in [-0.2, -0.15) is 0 Å². The van der Waals surface area contributed by atoms with Gasteiger partial charge in [0.05, 0.1) is 0 Å². The first-order valence-corrected chi connectivity index (χ1v) is 7.79. The Kier molecular flexibility index (Phi) is 4.57. The van der Waals surface area contributed by atoms with E-state index < -0.39 is 0 Å². The summed E-state index contributed by atoms with van der Waals surface area (Å²) in [5.74, 6) is -0.0355. The Hall–Kier alpha value is -2.81. The molecule has 3 aromatic rings. The maximum absolute atomic E-state index is 12.3. The van der Waals surface area contributed by atoms with Crippen molar-refractivity contribution in [1.29, 1.82) is 0 Å². The van der Waals surface area contributed by atoms with Gasteiger partial charge in [0.2, 0.25) is 0 Å². The molecule has 0 saturated heterocycles. The molecule has 23 heavy (non-hydrogen) atoms. The van der Waals surface area contributed by atoms with Crippen molar-refractivity contribution in [3.8, 4) is 5.69 Å². The van der Waals surface area contributed by atoms with Crippen LogP contribution in [0.5, 0.6) is 0 Å². The van der Waals surface area contributed by atoms with Crippen molar-refractivity contribution in [3.05, 3.63) is 89.7 Å². The summed E-state index contributed by atoms with van der Waals surface area (Å²) in [6.07, 6.45) is 4.77. The van der Waals surface area contributed by atoms with Gasteiger partial charge < -0.3 is 9.88 Å². The van der Waals surface area contributed by atoms with Crippen LogP contribution in [0.3, 0.4) is 0 Å². The largest absolute Gasteiger partial charge is 0.352 e. The number of amides is 1. The van der Waals surface area contributed by atoms with Crippen molar-refractivity contribution in [3.63, 3.8) is 0 Å². The molecule has 0 fully saturated rings. The maximum atomic E-state index is 12.3. The number of hydrogen-bond acceptors (Lipinski definition) is 1. The van der Waals surface area contributed by atoms with Crippen molar-refractivity contribution in [1.82, 2.24) is 9.88 Å². The molecular formula is C20H20N2O. The predicted octanol–water partition coefficient (Wildman–Crippen LogP) is 3.76. The van der Waals surface area contributed by atoms with Crippen LogP contribution >= 0.6 is 0 Å². The van der Waals surface area contributed by atoms with E-state index in [-0.39, 0.29) is 5.91 Å². The lowest BCUT2D eigenvalue weighted by Gasteiger charge is -2.08. The Labute approximate surface area is 136 Å². The Morgan fingerprint density at radius 2 is 1.78 bits per heavy atom. The molecule has 0 radical (unpaired) electrons. The maximum Gasteiger partial charge on any atom is 0.251 e. The van der Waals surface area contributed by atoms with Crippen LogP contribution in [0.1, 0.15) is 21.5 Å². The van der Waals surface area contributed by atoms with Gasteiger partial charge in [0.25, 0.3) is 5.91 Å². The summed E-state index contributed by atoms with van der Waals surface area (Å²) in [7, 11) is 0. The molecule has 0 atom stereocenters. The highest BCUT2D eigenvalue weighted by atomic mass is 16.1. The molecule has 0 saturated carbocycles. The number of hydrogen-bond donors (Lipinski definition) is 1. The Morgan fingerprint density at radius 3 is 2.57 bits per heavy atom. The number of aromatic nitrogens is 1. The minimum absolute atomic E-state index is 0.0355. The third-order valence-electron chi connectivity index (χ3n) is 3.79. The van der Waals surface area contributed by atoms with E-state index in [0.717, 1.165) is 12.1 Å². The summed E-state index contributed by atoms with van der Waals surface area (Å²) in [6.45, 7) is 2.71. The van der Waals surface area contributed by atoms with Gasteiger partial charge in [-0.3, -0.25) is 4.79 Å². The molecule has 2 aromatic carbocycles. The van der Waals surface area contributed by atoms with Gasteiger partial charge >= 0.3 is 0 Å². The molecule has 0 spiro atoms. The van der Waals surface area contributed by atoms with E-state index in [1.807, 2.05) is 59.4 Å². The molecule has 0 aliphatic carbocycles. The summed E-state index contributed by atoms with van der Waals surface area (Å²) in [5, 5.41) is 2.99. The molecule has 116 valence electrons. The zero-order valence-electron chi connectivity index (χ0n) is 13.2. The highest BCUT2D eigenvalue weighted by molar-refractivity contribution is 5.94. The number of aryl methyl sites for hydroxylation is 1. The molecule has 1 N–H and O–H groups in total. The second-order valence-corrected chi connectivity index (χ2v) is 5.64. The molecule has 1 heterocycles. The summed E-state index contributed by atoms with van der Waals surface area (Å²) in [6, 6.07) is 19.9. The van der Waals surface area contributed by atoms with Crippen LogP contribution < -0.4 is 5.32 Å². The predicted molar refractivity (Wildman–Crippen MR) is 93.0 cm³/mol. The van der Waals surface area contributed by atoms with Gasteiger partial charge in [-0.05, 0) is 49.2 Å². The zero-order chi connectivity index (χ0) is 16.1. The van der Waals surface area contributed by atoms with Crippen LogP contribution in [0.4, 0.5) is 0 Å². The number of benzene rings is 2. The molecule has 0 bridgehead atoms. The minimum atomic E-state index is -0.0355. The second kappa shape index (κ2) is 6.97. The first-order chi connectivity index (χ1) is 11.2. The van der Waals surface area contributed by atoms with Crippen molar-refractivity contribution in [2.24, 2.45) is 0 Å². The Morgan fingerprint density at radius 1 is 1.00 bits per heavy atom. The third kappa shape index (κ3) is 3.89. The number of carbonyl (C=O) groups excluding carboxylic acids is 1. The van der Waals surface area contributed by atoms with E-state index in [9.17, 15) is 4.79 Å². The second-order valence-electron chi connectivity index (χ2n) is 5.64. The Bertz CT molecular complexity index is 791. The van der Waals surface area contributed by atoms with Gasteiger partial charge in [0, 0.05) is 30.2 Å². The molecule has 3 heteroatoms. The van der Waals surface area contributed by atoms with E-state index in [1.165, 1.54) is 11.1 Å². The van der Waals surface area contributed by atoms with Gasteiger partial charge in [0.1, 0.15) is 0 Å². The lowest BCUT2D eigenvalue weighted by atomic mass is 10.1. The Balaban J connectivity index is 1.61. The molecule has 0 aliphatic rings. The van der Waals surface area contributed by atoms with Crippen LogP contribution in [-0.4, -0.2) is 17.0 Å². The molecule has 0 unspecified atom stereocenters. The fourth-order valence-corrected chi connectivity index (χ4v) is 2.60. The SMILES string of the molecule is Cc1cccc(CCNC(=O)c2cccc(-n3cccc3)c2)c1. The fraction of sp³-hybridized carbons (Fsp3) is 0.150. The average molecular weight is 304 g/mol. The summed E-state index contributed by atoms with van der Waals surface area (Å²) >= 11 is 0. The smallest absolute Gasteiger partial charge is 0.251 e. The summed E-state index contributed by atoms with van der Waals surface area (Å²) in [5.41, 5.74) is 4.15. The monoisotopic (exact) mass is 304 g/mol. The van der Waals surface area contributed by atoms with Crippen LogP contribution in [0.25, 0.3) is 5.69 Å². The van der Waals surface area contributed by atoms with E-state index in [2.05, 4.69) is 30.4 Å². The van der Waals surface area contributed by atoms with Crippen molar-refractivity contribution in [2.75, 3.05) is 6.54 Å². The molecule has 0 aliphatic heterocycles. The van der Waals surface area contributed by atoms with Crippen LogP contribution in [0.2, 0.25) is 0 Å². The lowest BCUT2D eigenvalue weighted by molar-refractivity contribution is 0.0954. The standard InChI is InChI=1S/C20H20N2O/c1-16-6-4-7-17(14-16)10-11-21-20(23)18-8-5-9-19(15-18)22-12-2-3-13-22/h2-9,12-15H,10-11H2,1H3,(H,21,23). The van der Waals surface area contributed by atoms with Crippen molar-refractivity contribution < 1.29 is 4.79 Å². The number of nitrogens with zero attached hydrogens (tertiary/aromatic N) is 1. The third-order valence-corrected chi connectivity index (χ3v) is 3.79. The van der Waals surface area contributed by atoms with E-state index >= 15 is 0 Å². The lowest BCUT2D eigenvalue weighted by Crippen LogP contribution is -2.25. The van der Waals surface area contributed by atoms with Gasteiger partial charge in [0.15, 0.2) is 0 Å². The van der Waals surface area contributed by atoms with E-state index in [0.29, 0.717) is 12.1 Å². The first-order valence-electron chi connectivity index (χ1n) is 7.79. The molecule has 1 amide bonds. The van der Waals surface area contributed by atoms with E-state index in [1.54, 1.807) is 0 Å². The van der Waals surface area contributed by atoms with Gasteiger partial charge in [-0.1, -0.05) is 35.9 Å².